The Hall–Kier alpha value is -1.76. The van der Waals surface area contributed by atoms with Crippen LogP contribution in [-0.4, -0.2) is 31.3 Å². The minimum atomic E-state index is -0.857. The minimum Gasteiger partial charge on any atom is -0.481 e. The summed E-state index contributed by atoms with van der Waals surface area (Å²) in [6, 6.07) is 7.84. The van der Waals surface area contributed by atoms with Crippen LogP contribution in [0.5, 0.6) is 0 Å². The fraction of sp³-hybridized carbons (Fsp3) is 0.333. The maximum atomic E-state index is 10.9. The topological polar surface area (TPSA) is 80.9 Å². The van der Waals surface area contributed by atoms with E-state index in [1.54, 1.807) is 11.6 Å². The zero-order valence-electron chi connectivity index (χ0n) is 10.3. The highest BCUT2D eigenvalue weighted by atomic mass is 79.9. The second kappa shape index (κ2) is 5.92. The van der Waals surface area contributed by atoms with Crippen molar-refractivity contribution in [2.24, 2.45) is 5.92 Å². The Morgan fingerprint density at radius 3 is 3.00 bits per heavy atom. The summed E-state index contributed by atoms with van der Waals surface area (Å²) in [7, 11) is 0. The van der Waals surface area contributed by atoms with E-state index in [1.165, 1.54) is 0 Å². The van der Waals surface area contributed by atoms with Crippen molar-refractivity contribution in [1.82, 2.24) is 20.2 Å². The molecule has 1 unspecified atom stereocenters. The van der Waals surface area contributed by atoms with E-state index in [1.807, 2.05) is 24.3 Å². The first kappa shape index (κ1) is 13.7. The van der Waals surface area contributed by atoms with Gasteiger partial charge in [0.25, 0.3) is 0 Å². The number of benzene rings is 1. The average molecular weight is 325 g/mol. The monoisotopic (exact) mass is 324 g/mol. The molecule has 19 heavy (non-hydrogen) atoms. The molecule has 1 aromatic heterocycles. The average Bonchev–Trinajstić information content (AvgIpc) is 2.76. The van der Waals surface area contributed by atoms with Gasteiger partial charge in [-0.3, -0.25) is 4.79 Å². The standard InChI is InChI=1S/C12H13BrN4O2/c1-8(12(18)19)7-17-11(14-15-16-17)6-9-3-2-4-10(13)5-9/h2-5,8H,6-7H2,1H3,(H,18,19). The number of aliphatic carboxylic acids is 1. The number of carboxylic acids is 1. The molecule has 2 aromatic rings. The highest BCUT2D eigenvalue weighted by Gasteiger charge is 2.15. The third-order valence-electron chi connectivity index (χ3n) is 2.73. The summed E-state index contributed by atoms with van der Waals surface area (Å²) in [5, 5.41) is 20.3. The van der Waals surface area contributed by atoms with E-state index in [0.29, 0.717) is 12.2 Å². The van der Waals surface area contributed by atoms with Crippen molar-refractivity contribution in [3.05, 3.63) is 40.1 Å². The van der Waals surface area contributed by atoms with Gasteiger partial charge >= 0.3 is 5.97 Å². The van der Waals surface area contributed by atoms with Gasteiger partial charge in [0.15, 0.2) is 5.82 Å². The van der Waals surface area contributed by atoms with Crippen molar-refractivity contribution in [3.8, 4) is 0 Å². The molecule has 0 spiro atoms. The zero-order valence-corrected chi connectivity index (χ0v) is 11.9. The molecule has 0 aliphatic carbocycles. The van der Waals surface area contributed by atoms with Crippen molar-refractivity contribution in [2.45, 2.75) is 19.9 Å². The quantitative estimate of drug-likeness (QED) is 0.906. The van der Waals surface area contributed by atoms with E-state index in [-0.39, 0.29) is 6.54 Å². The Morgan fingerprint density at radius 1 is 1.53 bits per heavy atom. The summed E-state index contributed by atoms with van der Waals surface area (Å²) in [4.78, 5) is 10.9. The van der Waals surface area contributed by atoms with Crippen molar-refractivity contribution >= 4 is 21.9 Å². The number of halogens is 1. The van der Waals surface area contributed by atoms with Crippen molar-refractivity contribution in [1.29, 1.82) is 0 Å². The summed E-state index contributed by atoms with van der Waals surface area (Å²) in [6.07, 6.45) is 0.568. The molecule has 0 amide bonds. The van der Waals surface area contributed by atoms with Crippen molar-refractivity contribution in [3.63, 3.8) is 0 Å². The second-order valence-corrected chi connectivity index (χ2v) is 5.24. The van der Waals surface area contributed by atoms with Gasteiger partial charge in [-0.15, -0.1) is 5.10 Å². The molecule has 0 aliphatic heterocycles. The predicted octanol–water partition coefficient (Wildman–Crippen LogP) is 1.75. The Balaban J connectivity index is 2.13. The molecule has 0 saturated carbocycles. The van der Waals surface area contributed by atoms with Gasteiger partial charge in [0.2, 0.25) is 0 Å². The summed E-state index contributed by atoms with van der Waals surface area (Å²) in [6.45, 7) is 1.90. The van der Waals surface area contributed by atoms with E-state index >= 15 is 0 Å². The minimum absolute atomic E-state index is 0.270. The van der Waals surface area contributed by atoms with Gasteiger partial charge in [-0.05, 0) is 28.1 Å². The second-order valence-electron chi connectivity index (χ2n) is 4.32. The third-order valence-corrected chi connectivity index (χ3v) is 3.22. The summed E-state index contributed by atoms with van der Waals surface area (Å²) in [5.74, 6) is -0.722. The van der Waals surface area contributed by atoms with E-state index < -0.39 is 11.9 Å². The van der Waals surface area contributed by atoms with Gasteiger partial charge in [-0.1, -0.05) is 35.0 Å². The van der Waals surface area contributed by atoms with Gasteiger partial charge in [-0.2, -0.15) is 0 Å². The molecule has 0 radical (unpaired) electrons. The van der Waals surface area contributed by atoms with Gasteiger partial charge in [-0.25, -0.2) is 4.68 Å². The molecule has 2 rings (SSSR count). The SMILES string of the molecule is CC(Cn1nnnc1Cc1cccc(Br)c1)C(=O)O. The normalized spacial score (nSPS) is 12.3. The number of tetrazole rings is 1. The number of carboxylic acid groups (broad SMARTS) is 1. The first-order valence-electron chi connectivity index (χ1n) is 5.78. The largest absolute Gasteiger partial charge is 0.481 e. The molecule has 0 bridgehead atoms. The first-order valence-corrected chi connectivity index (χ1v) is 6.58. The number of hydrogen-bond donors (Lipinski definition) is 1. The highest BCUT2D eigenvalue weighted by molar-refractivity contribution is 9.10. The fourth-order valence-electron chi connectivity index (χ4n) is 1.66. The summed E-state index contributed by atoms with van der Waals surface area (Å²) < 4.78 is 2.53. The fourth-order valence-corrected chi connectivity index (χ4v) is 2.11. The molecule has 1 atom stereocenters. The Kier molecular flexibility index (Phi) is 4.26. The van der Waals surface area contributed by atoms with Gasteiger partial charge in [0.05, 0.1) is 12.5 Å². The van der Waals surface area contributed by atoms with Crippen LogP contribution >= 0.6 is 15.9 Å². The highest BCUT2D eigenvalue weighted by Crippen LogP contribution is 2.14. The van der Waals surface area contributed by atoms with Crippen LogP contribution < -0.4 is 0 Å². The summed E-state index contributed by atoms with van der Waals surface area (Å²) >= 11 is 3.41. The number of rotatable bonds is 5. The van der Waals surface area contributed by atoms with E-state index in [4.69, 9.17) is 5.11 Å². The lowest BCUT2D eigenvalue weighted by atomic mass is 10.1. The molecule has 1 heterocycles. The van der Waals surface area contributed by atoms with Gasteiger partial charge < -0.3 is 5.11 Å². The van der Waals surface area contributed by atoms with Crippen LogP contribution in [0.25, 0.3) is 0 Å². The molecule has 1 N–H and O–H groups in total. The van der Waals surface area contributed by atoms with Crippen LogP contribution in [0, 0.1) is 5.92 Å². The van der Waals surface area contributed by atoms with Crippen LogP contribution in [-0.2, 0) is 17.8 Å². The van der Waals surface area contributed by atoms with Crippen LogP contribution in [0.3, 0.4) is 0 Å². The zero-order chi connectivity index (χ0) is 13.8. The van der Waals surface area contributed by atoms with Gasteiger partial charge in [0.1, 0.15) is 0 Å². The van der Waals surface area contributed by atoms with Crippen LogP contribution in [0.15, 0.2) is 28.7 Å². The molecule has 0 fully saturated rings. The van der Waals surface area contributed by atoms with Crippen molar-refractivity contribution < 1.29 is 9.90 Å². The molecular formula is C12H13BrN4O2. The number of nitrogens with zero attached hydrogens (tertiary/aromatic N) is 4. The Morgan fingerprint density at radius 2 is 2.32 bits per heavy atom. The molecular weight excluding hydrogens is 312 g/mol. The Bertz CT molecular complexity index is 585. The third kappa shape index (κ3) is 3.60. The summed E-state index contributed by atoms with van der Waals surface area (Å²) in [5.41, 5.74) is 1.06. The van der Waals surface area contributed by atoms with Crippen molar-refractivity contribution in [2.75, 3.05) is 0 Å². The van der Waals surface area contributed by atoms with Crippen LogP contribution in [0.2, 0.25) is 0 Å². The molecule has 7 heteroatoms. The first-order chi connectivity index (χ1) is 9.06. The number of carbonyl (C=O) groups is 1. The lowest BCUT2D eigenvalue weighted by Gasteiger charge is -2.08. The number of aromatic nitrogens is 4. The van der Waals surface area contributed by atoms with Crippen LogP contribution in [0.1, 0.15) is 18.3 Å². The van der Waals surface area contributed by atoms with E-state index in [0.717, 1.165) is 10.0 Å². The van der Waals surface area contributed by atoms with E-state index in [2.05, 4.69) is 31.5 Å². The molecule has 0 saturated heterocycles. The smallest absolute Gasteiger partial charge is 0.308 e. The Labute approximate surface area is 118 Å². The molecule has 0 aliphatic rings. The maximum Gasteiger partial charge on any atom is 0.308 e. The lowest BCUT2D eigenvalue weighted by Crippen LogP contribution is -2.19. The van der Waals surface area contributed by atoms with Crippen LogP contribution in [0.4, 0.5) is 0 Å². The number of hydrogen-bond acceptors (Lipinski definition) is 4. The van der Waals surface area contributed by atoms with E-state index in [9.17, 15) is 4.79 Å². The maximum absolute atomic E-state index is 10.9. The predicted molar refractivity (Wildman–Crippen MR) is 71.6 cm³/mol. The molecule has 100 valence electrons. The van der Waals surface area contributed by atoms with Gasteiger partial charge in [0, 0.05) is 10.9 Å². The lowest BCUT2D eigenvalue weighted by molar-refractivity contribution is -0.141. The molecule has 1 aromatic carbocycles. The molecule has 6 nitrogen and oxygen atoms in total.